The minimum atomic E-state index is 0.0202. The summed E-state index contributed by atoms with van der Waals surface area (Å²) >= 11 is 0. The van der Waals surface area contributed by atoms with Gasteiger partial charge in [-0.05, 0) is 38.5 Å². The van der Waals surface area contributed by atoms with Crippen molar-refractivity contribution >= 4 is 0 Å². The van der Waals surface area contributed by atoms with Gasteiger partial charge in [0, 0.05) is 13.2 Å². The molecule has 2 heteroatoms. The monoisotopic (exact) mass is 422 g/mol. The van der Waals surface area contributed by atoms with Gasteiger partial charge in [0.25, 0.3) is 0 Å². The molecule has 0 saturated carbocycles. The van der Waals surface area contributed by atoms with Crippen LogP contribution in [-0.4, -0.2) is 19.5 Å². The van der Waals surface area contributed by atoms with Gasteiger partial charge < -0.3 is 9.47 Å². The van der Waals surface area contributed by atoms with E-state index in [9.17, 15) is 0 Å². The van der Waals surface area contributed by atoms with E-state index in [1.165, 1.54) is 116 Å². The smallest absolute Gasteiger partial charge is 0.157 e. The number of rotatable bonds is 25. The molecule has 0 aromatic carbocycles. The Hall–Kier alpha value is -0.600. The Balaban J connectivity index is 3.85. The number of allylic oxidation sites excluding steroid dienone is 3. The van der Waals surface area contributed by atoms with Gasteiger partial charge >= 0.3 is 0 Å². The maximum atomic E-state index is 6.13. The zero-order valence-corrected chi connectivity index (χ0v) is 20.7. The molecule has 0 N–H and O–H groups in total. The summed E-state index contributed by atoms with van der Waals surface area (Å²) < 4.78 is 12.3. The summed E-state index contributed by atoms with van der Waals surface area (Å²) in [6.45, 7) is 9.98. The van der Waals surface area contributed by atoms with Crippen LogP contribution in [0, 0.1) is 0 Å². The quantitative estimate of drug-likeness (QED) is 0.0828. The van der Waals surface area contributed by atoms with Gasteiger partial charge in [-0.3, -0.25) is 0 Å². The third-order valence-electron chi connectivity index (χ3n) is 5.69. The van der Waals surface area contributed by atoms with Gasteiger partial charge in [-0.2, -0.15) is 0 Å². The zero-order valence-electron chi connectivity index (χ0n) is 20.7. The highest BCUT2D eigenvalue weighted by Gasteiger charge is 2.09. The Kier molecular flexibility index (Phi) is 25.9. The van der Waals surface area contributed by atoms with E-state index in [4.69, 9.17) is 9.47 Å². The molecule has 0 aliphatic heterocycles. The van der Waals surface area contributed by atoms with Gasteiger partial charge in [0.15, 0.2) is 6.29 Å². The van der Waals surface area contributed by atoms with Crippen LogP contribution in [0.25, 0.3) is 0 Å². The first kappa shape index (κ1) is 29.4. The van der Waals surface area contributed by atoms with Gasteiger partial charge in [-0.1, -0.05) is 122 Å². The van der Waals surface area contributed by atoms with Crippen LogP contribution in [0.5, 0.6) is 0 Å². The summed E-state index contributed by atoms with van der Waals surface area (Å²) in [5.74, 6) is 0. The standard InChI is InChI=1S/C28H54O2/c1-4-7-10-13-16-17-18-19-22-25-28(29-26-23-20-14-11-8-5-2)30-27-24-21-15-12-9-6-3/h4,7,10,28H,1,5-6,8-9,11-27H2,2-3H3. The molecule has 0 aromatic rings. The molecule has 0 heterocycles. The summed E-state index contributed by atoms with van der Waals surface area (Å²) in [6.07, 6.45) is 30.6. The van der Waals surface area contributed by atoms with Crippen molar-refractivity contribution in [2.75, 3.05) is 13.2 Å². The average molecular weight is 423 g/mol. The molecule has 0 aliphatic carbocycles. The molecule has 0 saturated heterocycles. The molecular formula is C28H54O2. The van der Waals surface area contributed by atoms with Crippen LogP contribution in [0.1, 0.15) is 136 Å². The minimum Gasteiger partial charge on any atom is -0.353 e. The van der Waals surface area contributed by atoms with Crippen molar-refractivity contribution in [2.45, 2.75) is 142 Å². The summed E-state index contributed by atoms with van der Waals surface area (Å²) in [7, 11) is 0. The zero-order chi connectivity index (χ0) is 22.0. The highest BCUT2D eigenvalue weighted by Crippen LogP contribution is 2.14. The molecule has 30 heavy (non-hydrogen) atoms. The molecule has 0 radical (unpaired) electrons. The van der Waals surface area contributed by atoms with Crippen molar-refractivity contribution in [1.29, 1.82) is 0 Å². The Morgan fingerprint density at radius 2 is 1.07 bits per heavy atom. The second-order valence-electron chi connectivity index (χ2n) is 8.72. The van der Waals surface area contributed by atoms with Crippen molar-refractivity contribution in [3.63, 3.8) is 0 Å². The van der Waals surface area contributed by atoms with Crippen LogP contribution in [0.4, 0.5) is 0 Å². The van der Waals surface area contributed by atoms with Crippen LogP contribution in [0.3, 0.4) is 0 Å². The summed E-state index contributed by atoms with van der Waals surface area (Å²) in [5, 5.41) is 0. The van der Waals surface area contributed by atoms with Gasteiger partial charge in [0.05, 0.1) is 0 Å². The van der Waals surface area contributed by atoms with E-state index in [1.54, 1.807) is 0 Å². The highest BCUT2D eigenvalue weighted by atomic mass is 16.7. The molecule has 0 unspecified atom stereocenters. The molecule has 0 amide bonds. The second kappa shape index (κ2) is 26.4. The number of ether oxygens (including phenoxy) is 2. The average Bonchev–Trinajstić information content (AvgIpc) is 2.76. The van der Waals surface area contributed by atoms with Crippen LogP contribution >= 0.6 is 0 Å². The van der Waals surface area contributed by atoms with Crippen LogP contribution in [0.15, 0.2) is 24.8 Å². The predicted molar refractivity (Wildman–Crippen MR) is 134 cm³/mol. The molecule has 0 spiro atoms. The molecule has 178 valence electrons. The largest absolute Gasteiger partial charge is 0.353 e. The Bertz CT molecular complexity index is 333. The third-order valence-corrected chi connectivity index (χ3v) is 5.69. The lowest BCUT2D eigenvalue weighted by molar-refractivity contribution is -0.148. The Labute approximate surface area is 189 Å². The Morgan fingerprint density at radius 1 is 0.600 bits per heavy atom. The topological polar surface area (TPSA) is 18.5 Å². The molecule has 0 fully saturated rings. The van der Waals surface area contributed by atoms with E-state index in [0.29, 0.717) is 0 Å². The van der Waals surface area contributed by atoms with Crippen LogP contribution < -0.4 is 0 Å². The third kappa shape index (κ3) is 23.7. The number of hydrogen-bond acceptors (Lipinski definition) is 2. The predicted octanol–water partition coefficient (Wildman–Crippen LogP) is 9.54. The minimum absolute atomic E-state index is 0.0202. The van der Waals surface area contributed by atoms with Crippen molar-refractivity contribution in [2.24, 2.45) is 0 Å². The van der Waals surface area contributed by atoms with E-state index >= 15 is 0 Å². The van der Waals surface area contributed by atoms with Crippen molar-refractivity contribution in [1.82, 2.24) is 0 Å². The fourth-order valence-electron chi connectivity index (χ4n) is 3.71. The highest BCUT2D eigenvalue weighted by molar-refractivity contribution is 4.96. The fraction of sp³-hybridized carbons (Fsp3) is 0.857. The van der Waals surface area contributed by atoms with Crippen molar-refractivity contribution < 1.29 is 9.47 Å². The van der Waals surface area contributed by atoms with Gasteiger partial charge in [-0.15, -0.1) is 0 Å². The van der Waals surface area contributed by atoms with E-state index in [1.807, 2.05) is 12.2 Å². The van der Waals surface area contributed by atoms with E-state index in [2.05, 4.69) is 26.5 Å². The van der Waals surface area contributed by atoms with Gasteiger partial charge in [-0.25, -0.2) is 0 Å². The summed E-state index contributed by atoms with van der Waals surface area (Å²) in [4.78, 5) is 0. The summed E-state index contributed by atoms with van der Waals surface area (Å²) in [5.41, 5.74) is 0. The van der Waals surface area contributed by atoms with E-state index in [0.717, 1.165) is 19.6 Å². The van der Waals surface area contributed by atoms with E-state index < -0.39 is 0 Å². The fourth-order valence-corrected chi connectivity index (χ4v) is 3.71. The molecular weight excluding hydrogens is 368 g/mol. The molecule has 0 rings (SSSR count). The normalized spacial score (nSPS) is 11.7. The van der Waals surface area contributed by atoms with Gasteiger partial charge in [0.1, 0.15) is 0 Å². The maximum Gasteiger partial charge on any atom is 0.157 e. The van der Waals surface area contributed by atoms with Gasteiger partial charge in [0.2, 0.25) is 0 Å². The van der Waals surface area contributed by atoms with Crippen molar-refractivity contribution in [3.8, 4) is 0 Å². The first-order chi connectivity index (χ1) is 14.8. The van der Waals surface area contributed by atoms with Crippen LogP contribution in [-0.2, 0) is 9.47 Å². The molecule has 0 bridgehead atoms. The van der Waals surface area contributed by atoms with Crippen molar-refractivity contribution in [3.05, 3.63) is 24.8 Å². The molecule has 0 aliphatic rings. The first-order valence-corrected chi connectivity index (χ1v) is 13.4. The number of unbranched alkanes of at least 4 members (excludes halogenated alkanes) is 15. The lowest BCUT2D eigenvalue weighted by atomic mass is 10.1. The molecule has 0 atom stereocenters. The molecule has 2 nitrogen and oxygen atoms in total. The SMILES string of the molecule is C=CC=CCCCCCCCC(OCCCCCCCC)OCCCCCCCC. The summed E-state index contributed by atoms with van der Waals surface area (Å²) in [6, 6.07) is 0. The lowest BCUT2D eigenvalue weighted by Gasteiger charge is -2.19. The van der Waals surface area contributed by atoms with Crippen LogP contribution in [0.2, 0.25) is 0 Å². The second-order valence-corrected chi connectivity index (χ2v) is 8.72. The first-order valence-electron chi connectivity index (χ1n) is 13.4. The Morgan fingerprint density at radius 3 is 1.60 bits per heavy atom. The molecule has 0 aromatic heterocycles. The van der Waals surface area contributed by atoms with E-state index in [-0.39, 0.29) is 6.29 Å². The lowest BCUT2D eigenvalue weighted by Crippen LogP contribution is -2.19. The maximum absolute atomic E-state index is 6.13. The number of hydrogen-bond donors (Lipinski definition) is 0.